The molecule has 0 atom stereocenters. The molecular formula is C26H31F3N4O3. The summed E-state index contributed by atoms with van der Waals surface area (Å²) in [5, 5.41) is 5.26. The zero-order valence-electron chi connectivity index (χ0n) is 20.2. The number of hydrogen-bond acceptors (Lipinski definition) is 4. The minimum atomic E-state index is -4.54. The van der Waals surface area contributed by atoms with Gasteiger partial charge < -0.3 is 15.2 Å². The van der Waals surface area contributed by atoms with E-state index in [2.05, 4.69) is 15.5 Å². The van der Waals surface area contributed by atoms with E-state index in [0.29, 0.717) is 18.5 Å². The molecule has 0 radical (unpaired) electrons. The number of nitrogens with zero attached hydrogens (tertiary/aromatic N) is 2. The van der Waals surface area contributed by atoms with Crippen LogP contribution in [0.4, 0.5) is 13.2 Å². The lowest BCUT2D eigenvalue weighted by Crippen LogP contribution is -2.63. The van der Waals surface area contributed by atoms with Gasteiger partial charge in [-0.15, -0.1) is 0 Å². The summed E-state index contributed by atoms with van der Waals surface area (Å²) < 4.78 is 40.2. The van der Waals surface area contributed by atoms with E-state index in [9.17, 15) is 27.6 Å². The molecule has 4 rings (SSSR count). The SMILES string of the molecule is CCn1cc([C@H]2CC[C@@H](N3CC(NC(=O)CNC(=O)c4cccc(C(F)(F)F)c4)C3)CC2)ccc1=O. The predicted octanol–water partition coefficient (Wildman–Crippen LogP) is 3.14. The normalized spacial score (nSPS) is 21.0. The minimum Gasteiger partial charge on any atom is -0.349 e. The Bertz CT molecular complexity index is 1150. The Labute approximate surface area is 207 Å². The van der Waals surface area contributed by atoms with E-state index in [-0.39, 0.29) is 29.6 Å². The first-order valence-electron chi connectivity index (χ1n) is 12.3. The maximum Gasteiger partial charge on any atom is 0.416 e. The third-order valence-corrected chi connectivity index (χ3v) is 7.17. The maximum atomic E-state index is 12.8. The number of aryl methyl sites for hydroxylation is 1. The average Bonchev–Trinajstić information content (AvgIpc) is 2.84. The Hall–Kier alpha value is -3.14. The fourth-order valence-electron chi connectivity index (χ4n) is 5.09. The maximum absolute atomic E-state index is 12.8. The van der Waals surface area contributed by atoms with Crippen molar-refractivity contribution in [3.8, 4) is 0 Å². The van der Waals surface area contributed by atoms with Crippen LogP contribution in [-0.2, 0) is 17.5 Å². The Balaban J connectivity index is 1.17. The molecule has 0 bridgehead atoms. The highest BCUT2D eigenvalue weighted by atomic mass is 19.4. The Morgan fingerprint density at radius 3 is 2.44 bits per heavy atom. The highest BCUT2D eigenvalue weighted by Gasteiger charge is 2.35. The van der Waals surface area contributed by atoms with Gasteiger partial charge in [-0.25, -0.2) is 0 Å². The molecule has 2 aromatic rings. The summed E-state index contributed by atoms with van der Waals surface area (Å²) in [5.74, 6) is -0.635. The van der Waals surface area contributed by atoms with Crippen molar-refractivity contribution >= 4 is 11.8 Å². The van der Waals surface area contributed by atoms with Gasteiger partial charge in [0.05, 0.1) is 18.2 Å². The van der Waals surface area contributed by atoms with Crippen LogP contribution in [0, 0.1) is 0 Å². The van der Waals surface area contributed by atoms with Gasteiger partial charge in [0.2, 0.25) is 5.91 Å². The van der Waals surface area contributed by atoms with E-state index in [1.54, 1.807) is 10.6 Å². The monoisotopic (exact) mass is 504 g/mol. The predicted molar refractivity (Wildman–Crippen MR) is 129 cm³/mol. The molecule has 1 aliphatic carbocycles. The van der Waals surface area contributed by atoms with Gasteiger partial charge in [0.1, 0.15) is 0 Å². The first kappa shape index (κ1) is 25.9. The molecule has 1 aromatic carbocycles. The van der Waals surface area contributed by atoms with Crippen molar-refractivity contribution in [2.24, 2.45) is 0 Å². The van der Waals surface area contributed by atoms with Gasteiger partial charge in [-0.05, 0) is 62.3 Å². The number of nitrogens with one attached hydrogen (secondary N) is 2. The lowest BCUT2D eigenvalue weighted by molar-refractivity contribution is -0.137. The van der Waals surface area contributed by atoms with Gasteiger partial charge >= 0.3 is 6.18 Å². The van der Waals surface area contributed by atoms with Crippen molar-refractivity contribution in [1.29, 1.82) is 0 Å². The van der Waals surface area contributed by atoms with Gasteiger partial charge in [-0.1, -0.05) is 12.1 Å². The molecule has 0 spiro atoms. The first-order valence-corrected chi connectivity index (χ1v) is 12.3. The molecule has 1 aliphatic heterocycles. The molecule has 1 saturated heterocycles. The molecule has 7 nitrogen and oxygen atoms in total. The van der Waals surface area contributed by atoms with E-state index < -0.39 is 17.6 Å². The van der Waals surface area contributed by atoms with Gasteiger partial charge in [0.15, 0.2) is 0 Å². The number of hydrogen-bond donors (Lipinski definition) is 2. The zero-order chi connectivity index (χ0) is 25.9. The van der Waals surface area contributed by atoms with Crippen LogP contribution in [0.25, 0.3) is 0 Å². The third-order valence-electron chi connectivity index (χ3n) is 7.17. The van der Waals surface area contributed by atoms with E-state index in [0.717, 1.165) is 57.0 Å². The number of rotatable bonds is 7. The molecule has 194 valence electrons. The standard InChI is InChI=1S/C26H31F3N4O3/c1-2-32-14-19(8-11-24(32)35)17-6-9-22(10-7-17)33-15-21(16-33)31-23(34)13-30-25(36)18-4-3-5-20(12-18)26(27,28)29/h3-5,8,11-12,14,17,21-22H,2,6-7,9-10,13,15-16H2,1H3,(H,30,36)(H,31,34)/t17-,22+. The molecule has 1 saturated carbocycles. The third kappa shape index (κ3) is 6.16. The van der Waals surface area contributed by atoms with E-state index in [1.807, 2.05) is 19.2 Å². The number of halogens is 3. The lowest BCUT2D eigenvalue weighted by atomic mass is 9.81. The number of likely N-dealkylation sites (tertiary alicyclic amines) is 1. The summed E-state index contributed by atoms with van der Waals surface area (Å²) in [6, 6.07) is 8.16. The minimum absolute atomic E-state index is 0.00575. The number of alkyl halides is 3. The van der Waals surface area contributed by atoms with Crippen LogP contribution in [0.15, 0.2) is 47.4 Å². The molecule has 2 N–H and O–H groups in total. The van der Waals surface area contributed by atoms with Crippen LogP contribution < -0.4 is 16.2 Å². The van der Waals surface area contributed by atoms with Crippen LogP contribution in [0.1, 0.15) is 60.0 Å². The van der Waals surface area contributed by atoms with Crippen molar-refractivity contribution in [3.63, 3.8) is 0 Å². The number of amides is 2. The molecule has 0 unspecified atom stereocenters. The zero-order valence-corrected chi connectivity index (χ0v) is 20.2. The second-order valence-electron chi connectivity index (χ2n) is 9.57. The van der Waals surface area contributed by atoms with Crippen LogP contribution in [0.5, 0.6) is 0 Å². The number of carbonyl (C=O) groups excluding carboxylic acids is 2. The van der Waals surface area contributed by atoms with Crippen molar-refractivity contribution in [2.75, 3.05) is 19.6 Å². The van der Waals surface area contributed by atoms with E-state index >= 15 is 0 Å². The van der Waals surface area contributed by atoms with Crippen LogP contribution in [-0.4, -0.2) is 53.0 Å². The van der Waals surface area contributed by atoms with Crippen molar-refractivity contribution in [3.05, 3.63) is 69.6 Å². The van der Waals surface area contributed by atoms with Gasteiger partial charge in [0, 0.05) is 43.5 Å². The number of benzene rings is 1. The molecule has 1 aromatic heterocycles. The second kappa shape index (κ2) is 10.9. The van der Waals surface area contributed by atoms with Gasteiger partial charge in [0.25, 0.3) is 11.5 Å². The molecule has 2 amide bonds. The summed E-state index contributed by atoms with van der Waals surface area (Å²) in [6.07, 6.45) is 1.68. The lowest BCUT2D eigenvalue weighted by Gasteiger charge is -2.46. The number of carbonyl (C=O) groups is 2. The highest BCUT2D eigenvalue weighted by molar-refractivity contribution is 5.96. The van der Waals surface area contributed by atoms with E-state index in [1.165, 1.54) is 11.6 Å². The molecular weight excluding hydrogens is 473 g/mol. The Morgan fingerprint density at radius 2 is 1.78 bits per heavy atom. The summed E-state index contributed by atoms with van der Waals surface area (Å²) in [4.78, 5) is 38.6. The molecule has 2 aliphatic rings. The molecule has 2 fully saturated rings. The topological polar surface area (TPSA) is 83.4 Å². The largest absolute Gasteiger partial charge is 0.416 e. The van der Waals surface area contributed by atoms with Crippen LogP contribution >= 0.6 is 0 Å². The summed E-state index contributed by atoms with van der Waals surface area (Å²) in [5.41, 5.74) is 0.194. The fraction of sp³-hybridized carbons (Fsp3) is 0.500. The summed E-state index contributed by atoms with van der Waals surface area (Å²) in [6.45, 7) is 3.81. The smallest absolute Gasteiger partial charge is 0.349 e. The van der Waals surface area contributed by atoms with Crippen LogP contribution in [0.2, 0.25) is 0 Å². The molecule has 10 heteroatoms. The van der Waals surface area contributed by atoms with Crippen molar-refractivity contribution in [2.45, 2.75) is 63.3 Å². The Kier molecular flexibility index (Phi) is 7.82. The van der Waals surface area contributed by atoms with Crippen molar-refractivity contribution in [1.82, 2.24) is 20.1 Å². The summed E-state index contributed by atoms with van der Waals surface area (Å²) >= 11 is 0. The number of aromatic nitrogens is 1. The second-order valence-corrected chi connectivity index (χ2v) is 9.57. The highest BCUT2D eigenvalue weighted by Crippen LogP contribution is 2.35. The van der Waals surface area contributed by atoms with Gasteiger partial charge in [-0.2, -0.15) is 13.2 Å². The summed E-state index contributed by atoms with van der Waals surface area (Å²) in [7, 11) is 0. The Morgan fingerprint density at radius 1 is 1.06 bits per heavy atom. The van der Waals surface area contributed by atoms with Crippen molar-refractivity contribution < 1.29 is 22.8 Å². The van der Waals surface area contributed by atoms with Crippen LogP contribution in [0.3, 0.4) is 0 Å². The average molecular weight is 505 g/mol. The molecule has 36 heavy (non-hydrogen) atoms. The fourth-order valence-corrected chi connectivity index (χ4v) is 5.09. The van der Waals surface area contributed by atoms with Gasteiger partial charge in [-0.3, -0.25) is 19.3 Å². The molecule has 2 heterocycles. The number of pyridine rings is 1. The quantitative estimate of drug-likeness (QED) is 0.607. The first-order chi connectivity index (χ1) is 17.1. The van der Waals surface area contributed by atoms with E-state index in [4.69, 9.17) is 0 Å².